The van der Waals surface area contributed by atoms with Crippen LogP contribution in [0.25, 0.3) is 0 Å². The number of nitrogens with two attached hydrogens (primary N) is 1. The van der Waals surface area contributed by atoms with Gasteiger partial charge in [-0.1, -0.05) is 32.0 Å². The van der Waals surface area contributed by atoms with Crippen molar-refractivity contribution in [1.29, 1.82) is 0 Å². The number of hydrogen-bond acceptors (Lipinski definition) is 2. The van der Waals surface area contributed by atoms with Gasteiger partial charge in [0.1, 0.15) is 0 Å². The first-order valence-corrected chi connectivity index (χ1v) is 7.27. The molecule has 18 heavy (non-hydrogen) atoms. The zero-order valence-corrected chi connectivity index (χ0v) is 11.8. The Hall–Kier alpha value is -1.02. The fourth-order valence-electron chi connectivity index (χ4n) is 3.15. The summed E-state index contributed by atoms with van der Waals surface area (Å²) in [6, 6.07) is 8.75. The Morgan fingerprint density at radius 1 is 1.22 bits per heavy atom. The summed E-state index contributed by atoms with van der Waals surface area (Å²) < 4.78 is 0. The highest BCUT2D eigenvalue weighted by molar-refractivity contribution is 5.54. The van der Waals surface area contributed by atoms with E-state index in [-0.39, 0.29) is 0 Å². The topological polar surface area (TPSA) is 29.3 Å². The van der Waals surface area contributed by atoms with Crippen LogP contribution in [-0.2, 0) is 6.42 Å². The molecule has 100 valence electrons. The second kappa shape index (κ2) is 5.75. The van der Waals surface area contributed by atoms with Crippen LogP contribution in [0.2, 0.25) is 0 Å². The molecule has 1 heterocycles. The minimum absolute atomic E-state index is 0.538. The maximum Gasteiger partial charge on any atom is 0.0399 e. The molecular weight excluding hydrogens is 220 g/mol. The van der Waals surface area contributed by atoms with Crippen LogP contribution in [0.5, 0.6) is 0 Å². The molecule has 0 bridgehead atoms. The molecule has 0 aromatic heterocycles. The number of nitrogens with zero attached hydrogens (tertiary/aromatic N) is 1. The maximum atomic E-state index is 5.72. The maximum absolute atomic E-state index is 5.72. The molecule has 2 rings (SSSR count). The predicted molar refractivity (Wildman–Crippen MR) is 79.0 cm³/mol. The molecule has 0 unspecified atom stereocenters. The van der Waals surface area contributed by atoms with Gasteiger partial charge in [0, 0.05) is 18.8 Å². The third-order valence-corrected chi connectivity index (χ3v) is 4.68. The van der Waals surface area contributed by atoms with Gasteiger partial charge in [-0.05, 0) is 49.3 Å². The lowest BCUT2D eigenvalue weighted by Crippen LogP contribution is -2.27. The van der Waals surface area contributed by atoms with Gasteiger partial charge in [-0.2, -0.15) is 0 Å². The van der Waals surface area contributed by atoms with E-state index in [0.29, 0.717) is 5.41 Å². The van der Waals surface area contributed by atoms with Crippen molar-refractivity contribution in [3.8, 4) is 0 Å². The van der Waals surface area contributed by atoms with E-state index in [1.54, 1.807) is 0 Å². The van der Waals surface area contributed by atoms with Crippen LogP contribution in [0.1, 0.15) is 38.7 Å². The third-order valence-electron chi connectivity index (χ3n) is 4.68. The quantitative estimate of drug-likeness (QED) is 0.864. The standard InChI is InChI=1S/C16H26N2/c1-3-16(4-2)10-12-18(13-16)15-8-6-5-7-14(15)9-11-17/h5-8H,3-4,9-13,17H2,1-2H3. The molecule has 0 spiro atoms. The van der Waals surface area contributed by atoms with Crippen LogP contribution in [-0.4, -0.2) is 19.6 Å². The Morgan fingerprint density at radius 3 is 2.56 bits per heavy atom. The Bertz CT molecular complexity index is 382. The molecule has 0 aliphatic carbocycles. The van der Waals surface area contributed by atoms with Crippen molar-refractivity contribution >= 4 is 5.69 Å². The molecule has 2 nitrogen and oxygen atoms in total. The highest BCUT2D eigenvalue weighted by atomic mass is 15.2. The predicted octanol–water partition coefficient (Wildman–Crippen LogP) is 3.20. The van der Waals surface area contributed by atoms with Gasteiger partial charge in [-0.3, -0.25) is 0 Å². The summed E-state index contributed by atoms with van der Waals surface area (Å²) in [5.41, 5.74) is 9.07. The van der Waals surface area contributed by atoms with E-state index in [4.69, 9.17) is 5.73 Å². The number of anilines is 1. The number of hydrogen-bond donors (Lipinski definition) is 1. The smallest absolute Gasteiger partial charge is 0.0399 e. The Morgan fingerprint density at radius 2 is 1.94 bits per heavy atom. The first-order valence-electron chi connectivity index (χ1n) is 7.27. The van der Waals surface area contributed by atoms with Gasteiger partial charge >= 0.3 is 0 Å². The van der Waals surface area contributed by atoms with Crippen LogP contribution < -0.4 is 10.6 Å². The van der Waals surface area contributed by atoms with Crippen molar-refractivity contribution in [3.05, 3.63) is 29.8 Å². The molecule has 1 aromatic rings. The van der Waals surface area contributed by atoms with Crippen molar-refractivity contribution in [2.24, 2.45) is 11.1 Å². The lowest BCUT2D eigenvalue weighted by molar-refractivity contribution is 0.301. The number of para-hydroxylation sites is 1. The molecule has 0 radical (unpaired) electrons. The van der Waals surface area contributed by atoms with E-state index in [1.807, 2.05) is 0 Å². The van der Waals surface area contributed by atoms with E-state index >= 15 is 0 Å². The van der Waals surface area contributed by atoms with Crippen molar-refractivity contribution in [3.63, 3.8) is 0 Å². The van der Waals surface area contributed by atoms with Crippen LogP contribution in [0.4, 0.5) is 5.69 Å². The lowest BCUT2D eigenvalue weighted by atomic mass is 9.82. The van der Waals surface area contributed by atoms with E-state index in [9.17, 15) is 0 Å². The molecule has 1 saturated heterocycles. The SMILES string of the molecule is CCC1(CC)CCN(c2ccccc2CCN)C1. The van der Waals surface area contributed by atoms with E-state index in [0.717, 1.165) is 13.0 Å². The summed E-state index contributed by atoms with van der Waals surface area (Å²) in [6.45, 7) is 7.81. The van der Waals surface area contributed by atoms with Gasteiger partial charge in [-0.15, -0.1) is 0 Å². The fourth-order valence-corrected chi connectivity index (χ4v) is 3.15. The van der Waals surface area contributed by atoms with Gasteiger partial charge in [0.05, 0.1) is 0 Å². The van der Waals surface area contributed by atoms with Crippen LogP contribution in [0, 0.1) is 5.41 Å². The van der Waals surface area contributed by atoms with Crippen molar-refractivity contribution in [2.75, 3.05) is 24.5 Å². The zero-order valence-electron chi connectivity index (χ0n) is 11.8. The first kappa shape index (κ1) is 13.4. The van der Waals surface area contributed by atoms with Crippen molar-refractivity contribution in [1.82, 2.24) is 0 Å². The second-order valence-electron chi connectivity index (χ2n) is 5.55. The summed E-state index contributed by atoms with van der Waals surface area (Å²) >= 11 is 0. The van der Waals surface area contributed by atoms with E-state index in [1.165, 1.54) is 43.6 Å². The van der Waals surface area contributed by atoms with Gasteiger partial charge < -0.3 is 10.6 Å². The third kappa shape index (κ3) is 2.54. The Labute approximate surface area is 111 Å². The van der Waals surface area contributed by atoms with Gasteiger partial charge in [-0.25, -0.2) is 0 Å². The summed E-state index contributed by atoms with van der Waals surface area (Å²) in [7, 11) is 0. The largest absolute Gasteiger partial charge is 0.371 e. The van der Waals surface area contributed by atoms with Crippen molar-refractivity contribution in [2.45, 2.75) is 39.5 Å². The highest BCUT2D eigenvalue weighted by Crippen LogP contribution is 2.39. The minimum atomic E-state index is 0.538. The molecule has 1 aliphatic heterocycles. The molecular formula is C16H26N2. The Kier molecular flexibility index (Phi) is 4.28. The molecule has 2 heteroatoms. The van der Waals surface area contributed by atoms with E-state index in [2.05, 4.69) is 43.0 Å². The average Bonchev–Trinajstić information content (AvgIpc) is 2.85. The zero-order chi connectivity index (χ0) is 13.0. The summed E-state index contributed by atoms with van der Waals surface area (Å²) in [4.78, 5) is 2.57. The van der Waals surface area contributed by atoms with Crippen LogP contribution in [0.3, 0.4) is 0 Å². The van der Waals surface area contributed by atoms with Crippen LogP contribution in [0.15, 0.2) is 24.3 Å². The lowest BCUT2D eigenvalue weighted by Gasteiger charge is -2.28. The van der Waals surface area contributed by atoms with Crippen molar-refractivity contribution < 1.29 is 0 Å². The number of rotatable bonds is 5. The average molecular weight is 246 g/mol. The highest BCUT2D eigenvalue weighted by Gasteiger charge is 2.35. The minimum Gasteiger partial charge on any atom is -0.371 e. The van der Waals surface area contributed by atoms with Crippen LogP contribution >= 0.6 is 0 Å². The normalized spacial score (nSPS) is 18.3. The number of benzene rings is 1. The molecule has 0 saturated carbocycles. The molecule has 1 aliphatic rings. The molecule has 1 aromatic carbocycles. The molecule has 0 amide bonds. The van der Waals surface area contributed by atoms with Gasteiger partial charge in [0.2, 0.25) is 0 Å². The van der Waals surface area contributed by atoms with Gasteiger partial charge in [0.25, 0.3) is 0 Å². The molecule has 0 atom stereocenters. The summed E-state index contributed by atoms with van der Waals surface area (Å²) in [6.07, 6.45) is 4.90. The summed E-state index contributed by atoms with van der Waals surface area (Å²) in [5.74, 6) is 0. The monoisotopic (exact) mass is 246 g/mol. The Balaban J connectivity index is 2.18. The van der Waals surface area contributed by atoms with Gasteiger partial charge in [0.15, 0.2) is 0 Å². The van der Waals surface area contributed by atoms with E-state index < -0.39 is 0 Å². The molecule has 2 N–H and O–H groups in total. The first-order chi connectivity index (χ1) is 8.74. The molecule has 1 fully saturated rings. The fraction of sp³-hybridized carbons (Fsp3) is 0.625. The summed E-state index contributed by atoms with van der Waals surface area (Å²) in [5, 5.41) is 0. The second-order valence-corrected chi connectivity index (χ2v) is 5.55.